The molecule has 0 saturated heterocycles. The minimum Gasteiger partial charge on any atom is -0.465 e. The molecule has 0 bridgehead atoms. The van der Waals surface area contributed by atoms with E-state index in [-0.39, 0.29) is 5.97 Å². The van der Waals surface area contributed by atoms with Gasteiger partial charge in [0, 0.05) is 17.3 Å². The Bertz CT molecular complexity index is 537. The first-order valence-corrected chi connectivity index (χ1v) is 6.37. The van der Waals surface area contributed by atoms with Crippen molar-refractivity contribution in [2.45, 2.75) is 12.8 Å². The van der Waals surface area contributed by atoms with Crippen LogP contribution in [-0.4, -0.2) is 18.1 Å². The molecule has 4 nitrogen and oxygen atoms in total. The molecule has 0 aliphatic carbocycles. The number of anilines is 1. The van der Waals surface area contributed by atoms with Crippen LogP contribution in [0.25, 0.3) is 0 Å². The van der Waals surface area contributed by atoms with Gasteiger partial charge in [0.1, 0.15) is 5.00 Å². The third-order valence-electron chi connectivity index (χ3n) is 2.60. The van der Waals surface area contributed by atoms with E-state index in [4.69, 9.17) is 5.73 Å². The van der Waals surface area contributed by atoms with E-state index < -0.39 is 0 Å². The molecule has 0 atom stereocenters. The molecule has 2 heterocycles. The van der Waals surface area contributed by atoms with Gasteiger partial charge in [-0.1, -0.05) is 6.07 Å². The first-order valence-electron chi connectivity index (χ1n) is 5.56. The molecule has 0 spiro atoms. The molecule has 2 aromatic heterocycles. The van der Waals surface area contributed by atoms with Crippen LogP contribution in [0.4, 0.5) is 5.00 Å². The number of methoxy groups -OCH3 is 1. The molecule has 0 amide bonds. The zero-order valence-electron chi connectivity index (χ0n) is 10.1. The number of nitrogens with zero attached hydrogens (tertiary/aromatic N) is 1. The lowest BCUT2D eigenvalue weighted by atomic mass is 10.1. The van der Waals surface area contributed by atoms with Crippen molar-refractivity contribution in [3.8, 4) is 0 Å². The van der Waals surface area contributed by atoms with Crippen molar-refractivity contribution in [2.24, 2.45) is 0 Å². The molecule has 2 aromatic rings. The second-order valence-corrected chi connectivity index (χ2v) is 5.01. The smallest absolute Gasteiger partial charge is 0.340 e. The molecule has 0 fully saturated rings. The number of carbonyl (C=O) groups is 1. The van der Waals surface area contributed by atoms with Crippen LogP contribution in [-0.2, 0) is 17.6 Å². The zero-order valence-corrected chi connectivity index (χ0v) is 10.9. The highest BCUT2D eigenvalue weighted by Crippen LogP contribution is 2.26. The number of hydrogen-bond donors (Lipinski definition) is 1. The average Bonchev–Trinajstić information content (AvgIpc) is 2.78. The van der Waals surface area contributed by atoms with Gasteiger partial charge in [0.15, 0.2) is 0 Å². The van der Waals surface area contributed by atoms with E-state index in [1.54, 1.807) is 6.20 Å². The second kappa shape index (κ2) is 5.64. The first kappa shape index (κ1) is 12.6. The van der Waals surface area contributed by atoms with Gasteiger partial charge in [-0.3, -0.25) is 4.98 Å². The minimum absolute atomic E-state index is 0.378. The fourth-order valence-electron chi connectivity index (χ4n) is 1.66. The largest absolute Gasteiger partial charge is 0.465 e. The highest BCUT2D eigenvalue weighted by atomic mass is 32.1. The van der Waals surface area contributed by atoms with E-state index in [9.17, 15) is 4.79 Å². The van der Waals surface area contributed by atoms with Crippen LogP contribution in [0, 0.1) is 0 Å². The average molecular weight is 262 g/mol. The monoisotopic (exact) mass is 262 g/mol. The van der Waals surface area contributed by atoms with Crippen LogP contribution in [0.2, 0.25) is 0 Å². The normalized spacial score (nSPS) is 10.3. The molecule has 0 radical (unpaired) electrons. The molecular weight excluding hydrogens is 248 g/mol. The summed E-state index contributed by atoms with van der Waals surface area (Å²) in [4.78, 5) is 16.6. The molecule has 0 saturated carbocycles. The number of ether oxygens (including phenoxy) is 1. The van der Waals surface area contributed by atoms with Crippen molar-refractivity contribution in [3.05, 3.63) is 46.6 Å². The molecule has 0 unspecified atom stereocenters. The lowest BCUT2D eigenvalue weighted by Gasteiger charge is -1.97. The maximum Gasteiger partial charge on any atom is 0.340 e. The number of thiophene rings is 1. The number of pyridine rings is 1. The van der Waals surface area contributed by atoms with Gasteiger partial charge in [-0.2, -0.15) is 0 Å². The highest BCUT2D eigenvalue weighted by Gasteiger charge is 2.14. The molecule has 0 aromatic carbocycles. The van der Waals surface area contributed by atoms with Crippen LogP contribution in [0.5, 0.6) is 0 Å². The molecule has 94 valence electrons. The Morgan fingerprint density at radius 3 is 3.00 bits per heavy atom. The lowest BCUT2D eigenvalue weighted by molar-refractivity contribution is 0.0602. The second-order valence-electron chi connectivity index (χ2n) is 3.84. The summed E-state index contributed by atoms with van der Waals surface area (Å²) >= 11 is 1.43. The van der Waals surface area contributed by atoms with Crippen molar-refractivity contribution >= 4 is 22.3 Å². The standard InChI is InChI=1S/C13H14N2O2S/c1-17-13(16)11-7-10(18-12(11)14)5-4-9-3-2-6-15-8-9/h2-3,6-8H,4-5,14H2,1H3. The molecule has 18 heavy (non-hydrogen) atoms. The van der Waals surface area contributed by atoms with E-state index in [0.717, 1.165) is 17.7 Å². The summed E-state index contributed by atoms with van der Waals surface area (Å²) < 4.78 is 4.67. The summed E-state index contributed by atoms with van der Waals surface area (Å²) in [7, 11) is 1.36. The third kappa shape index (κ3) is 2.87. The van der Waals surface area contributed by atoms with E-state index in [0.29, 0.717) is 10.6 Å². The van der Waals surface area contributed by atoms with E-state index >= 15 is 0 Å². The Morgan fingerprint density at radius 2 is 2.33 bits per heavy atom. The quantitative estimate of drug-likeness (QED) is 0.859. The van der Waals surface area contributed by atoms with Gasteiger partial charge in [0.25, 0.3) is 0 Å². The third-order valence-corrected chi connectivity index (χ3v) is 3.62. The maximum atomic E-state index is 11.4. The first-order chi connectivity index (χ1) is 8.70. The van der Waals surface area contributed by atoms with Crippen molar-refractivity contribution in [1.82, 2.24) is 4.98 Å². The Kier molecular flexibility index (Phi) is 3.94. The predicted octanol–water partition coefficient (Wildman–Crippen LogP) is 2.30. The predicted molar refractivity (Wildman–Crippen MR) is 71.7 cm³/mol. The van der Waals surface area contributed by atoms with Crippen LogP contribution < -0.4 is 5.73 Å². The van der Waals surface area contributed by atoms with Crippen molar-refractivity contribution in [2.75, 3.05) is 12.8 Å². The van der Waals surface area contributed by atoms with Gasteiger partial charge in [-0.05, 0) is 30.5 Å². The molecule has 0 aliphatic heterocycles. The Hall–Kier alpha value is -1.88. The molecule has 2 N–H and O–H groups in total. The summed E-state index contributed by atoms with van der Waals surface area (Å²) in [6.45, 7) is 0. The number of nitrogens with two attached hydrogens (primary N) is 1. The van der Waals surface area contributed by atoms with E-state index in [1.807, 2.05) is 24.4 Å². The van der Waals surface area contributed by atoms with Crippen molar-refractivity contribution in [3.63, 3.8) is 0 Å². The SMILES string of the molecule is COC(=O)c1cc(CCc2cccnc2)sc1N. The number of hydrogen-bond acceptors (Lipinski definition) is 5. The molecule has 5 heteroatoms. The number of carbonyl (C=O) groups excluding carboxylic acids is 1. The topological polar surface area (TPSA) is 65.2 Å². The summed E-state index contributed by atoms with van der Waals surface area (Å²) in [6, 6.07) is 5.76. The summed E-state index contributed by atoms with van der Waals surface area (Å²) in [5, 5.41) is 0.517. The van der Waals surface area contributed by atoms with Gasteiger partial charge in [0.2, 0.25) is 0 Å². The zero-order chi connectivity index (χ0) is 13.0. The van der Waals surface area contributed by atoms with Crippen LogP contribution in [0.1, 0.15) is 20.8 Å². The summed E-state index contributed by atoms with van der Waals surface area (Å²) in [5.41, 5.74) is 7.42. The molecular formula is C13H14N2O2S. The Balaban J connectivity index is 2.05. The van der Waals surface area contributed by atoms with E-state index in [1.165, 1.54) is 24.0 Å². The van der Waals surface area contributed by atoms with Gasteiger partial charge in [-0.15, -0.1) is 11.3 Å². The molecule has 2 rings (SSSR count). The summed E-state index contributed by atoms with van der Waals surface area (Å²) in [5.74, 6) is -0.378. The van der Waals surface area contributed by atoms with E-state index in [2.05, 4.69) is 9.72 Å². The fraction of sp³-hybridized carbons (Fsp3) is 0.231. The van der Waals surface area contributed by atoms with Crippen LogP contribution in [0.3, 0.4) is 0 Å². The maximum absolute atomic E-state index is 11.4. The van der Waals surface area contributed by atoms with Crippen molar-refractivity contribution < 1.29 is 9.53 Å². The number of aryl methyl sites for hydroxylation is 2. The van der Waals surface area contributed by atoms with Gasteiger partial charge in [-0.25, -0.2) is 4.79 Å². The van der Waals surface area contributed by atoms with Crippen molar-refractivity contribution in [1.29, 1.82) is 0 Å². The number of rotatable bonds is 4. The number of nitrogen functional groups attached to an aromatic ring is 1. The van der Waals surface area contributed by atoms with Crippen LogP contribution >= 0.6 is 11.3 Å². The molecule has 0 aliphatic rings. The number of aromatic nitrogens is 1. The Morgan fingerprint density at radius 1 is 1.50 bits per heavy atom. The number of esters is 1. The fourth-order valence-corrected chi connectivity index (χ4v) is 2.58. The van der Waals surface area contributed by atoms with Crippen LogP contribution in [0.15, 0.2) is 30.6 Å². The summed E-state index contributed by atoms with van der Waals surface area (Å²) in [6.07, 6.45) is 5.33. The van der Waals surface area contributed by atoms with Gasteiger partial charge < -0.3 is 10.5 Å². The minimum atomic E-state index is -0.378. The van der Waals surface area contributed by atoms with Gasteiger partial charge in [0.05, 0.1) is 12.7 Å². The van der Waals surface area contributed by atoms with Gasteiger partial charge >= 0.3 is 5.97 Å². The lowest BCUT2D eigenvalue weighted by Crippen LogP contribution is -2.02. The highest BCUT2D eigenvalue weighted by molar-refractivity contribution is 7.16. The Labute approximate surface area is 109 Å².